The number of ether oxygens (including phenoxy) is 2. The van der Waals surface area contributed by atoms with Gasteiger partial charge in [-0.05, 0) is 40.5 Å². The molecule has 1 aliphatic carbocycles. The molecule has 7 unspecified atom stereocenters. The van der Waals surface area contributed by atoms with E-state index in [1.54, 1.807) is 0 Å². The Balaban J connectivity index is 2.35. The fourth-order valence-corrected chi connectivity index (χ4v) is 5.27. The van der Waals surface area contributed by atoms with E-state index in [0.717, 1.165) is 0 Å². The van der Waals surface area contributed by atoms with E-state index in [1.807, 2.05) is 27.7 Å². The van der Waals surface area contributed by atoms with Gasteiger partial charge in [0.1, 0.15) is 11.7 Å². The summed E-state index contributed by atoms with van der Waals surface area (Å²) in [6, 6.07) is 0. The molecule has 7 heteroatoms. The van der Waals surface area contributed by atoms with E-state index in [0.29, 0.717) is 19.3 Å². The Hall–Kier alpha value is 0.640. The van der Waals surface area contributed by atoms with E-state index in [2.05, 4.69) is 31.9 Å². The van der Waals surface area contributed by atoms with Crippen LogP contribution in [0.1, 0.15) is 53.9 Å². The van der Waals surface area contributed by atoms with E-state index in [4.69, 9.17) is 21.1 Å². The lowest BCUT2D eigenvalue weighted by Crippen LogP contribution is -2.65. The van der Waals surface area contributed by atoms with Crippen LogP contribution in [0.3, 0.4) is 0 Å². The zero-order chi connectivity index (χ0) is 18.5. The second-order valence-electron chi connectivity index (χ2n) is 8.05. The van der Waals surface area contributed by atoms with Crippen LogP contribution in [0, 0.1) is 5.92 Å². The predicted molar refractivity (Wildman–Crippen MR) is 102 cm³/mol. The first kappa shape index (κ1) is 20.9. The molecule has 0 amide bonds. The van der Waals surface area contributed by atoms with Gasteiger partial charge in [0.05, 0.1) is 16.6 Å². The predicted octanol–water partition coefficient (Wildman–Crippen LogP) is 4.17. The summed E-state index contributed by atoms with van der Waals surface area (Å²) in [6.07, 6.45) is 0.702. The summed E-state index contributed by atoms with van der Waals surface area (Å²) in [5.41, 5.74) is -1.22. The molecule has 0 aromatic heterocycles. The SMILES string of the molecule is CC(=O)OC1CC(Br)C(C)(C)OC1(C)C1CC(Br)C(C)(Cl)CC1O. The lowest BCUT2D eigenvalue weighted by molar-refractivity contribution is -0.257. The molecule has 0 aromatic rings. The lowest BCUT2D eigenvalue weighted by atomic mass is 9.67. The van der Waals surface area contributed by atoms with Crippen molar-refractivity contribution < 1.29 is 19.4 Å². The number of esters is 1. The number of halogens is 3. The summed E-state index contributed by atoms with van der Waals surface area (Å²) in [5.74, 6) is -0.519. The van der Waals surface area contributed by atoms with Crippen LogP contribution in [0.4, 0.5) is 0 Å². The monoisotopic (exact) mass is 488 g/mol. The Morgan fingerprint density at radius 1 is 1.21 bits per heavy atom. The number of hydrogen-bond acceptors (Lipinski definition) is 4. The maximum absolute atomic E-state index is 11.6. The highest BCUT2D eigenvalue weighted by molar-refractivity contribution is 9.09. The van der Waals surface area contributed by atoms with Gasteiger partial charge in [0.15, 0.2) is 0 Å². The summed E-state index contributed by atoms with van der Waals surface area (Å²) in [4.78, 5) is 11.2. The average Bonchev–Trinajstić information content (AvgIpc) is 2.38. The van der Waals surface area contributed by atoms with Crippen LogP contribution in [0.25, 0.3) is 0 Å². The van der Waals surface area contributed by atoms with Gasteiger partial charge in [-0.25, -0.2) is 0 Å². The molecule has 2 fully saturated rings. The minimum Gasteiger partial charge on any atom is -0.459 e. The summed E-state index contributed by atoms with van der Waals surface area (Å²) >= 11 is 13.8. The quantitative estimate of drug-likeness (QED) is 0.466. The van der Waals surface area contributed by atoms with Gasteiger partial charge in [0.25, 0.3) is 0 Å². The number of rotatable bonds is 2. The zero-order valence-electron chi connectivity index (χ0n) is 14.8. The summed E-state index contributed by atoms with van der Waals surface area (Å²) < 4.78 is 12.1. The molecule has 1 saturated carbocycles. The molecule has 1 N–H and O–H groups in total. The highest BCUT2D eigenvalue weighted by atomic mass is 79.9. The van der Waals surface area contributed by atoms with Gasteiger partial charge in [-0.2, -0.15) is 0 Å². The van der Waals surface area contributed by atoms with Gasteiger partial charge in [0, 0.05) is 28.9 Å². The molecular weight excluding hydrogens is 463 g/mol. The largest absolute Gasteiger partial charge is 0.459 e. The van der Waals surface area contributed by atoms with Gasteiger partial charge >= 0.3 is 5.97 Å². The standard InChI is InChI=1S/C17H27Br2ClO4/c1-9(21)23-14-7-12(18)15(2,3)24-17(14,5)10-6-13(19)16(4,20)8-11(10)22/h10-14,22H,6-8H2,1-5H3. The van der Waals surface area contributed by atoms with Gasteiger partial charge < -0.3 is 14.6 Å². The molecule has 0 spiro atoms. The minimum absolute atomic E-state index is 0.0447. The molecular formula is C17H27Br2ClO4. The molecule has 1 aliphatic heterocycles. The van der Waals surface area contributed by atoms with Gasteiger partial charge in [-0.15, -0.1) is 11.6 Å². The van der Waals surface area contributed by atoms with Crippen molar-refractivity contribution in [1.82, 2.24) is 0 Å². The van der Waals surface area contributed by atoms with E-state index in [1.165, 1.54) is 6.92 Å². The van der Waals surface area contributed by atoms with Crippen LogP contribution in [0.2, 0.25) is 0 Å². The molecule has 2 rings (SSSR count). The van der Waals surface area contributed by atoms with Crippen molar-refractivity contribution in [2.24, 2.45) is 5.92 Å². The first-order valence-electron chi connectivity index (χ1n) is 8.32. The highest BCUT2D eigenvalue weighted by Crippen LogP contribution is 2.51. The van der Waals surface area contributed by atoms with Crippen LogP contribution in [0.5, 0.6) is 0 Å². The number of aliphatic hydroxyl groups is 1. The fourth-order valence-electron chi connectivity index (χ4n) is 4.00. The number of aliphatic hydroxyl groups excluding tert-OH is 1. The molecule has 4 nitrogen and oxygen atoms in total. The molecule has 2 aliphatic rings. The minimum atomic E-state index is -0.779. The Morgan fingerprint density at radius 3 is 2.33 bits per heavy atom. The Morgan fingerprint density at radius 2 is 1.79 bits per heavy atom. The fraction of sp³-hybridized carbons (Fsp3) is 0.941. The first-order valence-corrected chi connectivity index (χ1v) is 10.5. The van der Waals surface area contributed by atoms with Crippen LogP contribution in [-0.2, 0) is 14.3 Å². The lowest BCUT2D eigenvalue weighted by Gasteiger charge is -2.56. The number of carbonyl (C=O) groups excluding carboxylic acids is 1. The van der Waals surface area contributed by atoms with Gasteiger partial charge in [-0.1, -0.05) is 31.9 Å². The van der Waals surface area contributed by atoms with Crippen molar-refractivity contribution >= 4 is 49.4 Å². The molecule has 7 atom stereocenters. The van der Waals surface area contributed by atoms with Crippen LogP contribution in [-0.4, -0.2) is 49.0 Å². The molecule has 1 heterocycles. The van der Waals surface area contributed by atoms with Crippen molar-refractivity contribution in [2.75, 3.05) is 0 Å². The van der Waals surface area contributed by atoms with E-state index >= 15 is 0 Å². The molecule has 24 heavy (non-hydrogen) atoms. The second kappa shape index (κ2) is 6.99. The molecule has 0 radical (unpaired) electrons. The average molecular weight is 491 g/mol. The van der Waals surface area contributed by atoms with Crippen molar-refractivity contribution in [3.63, 3.8) is 0 Å². The number of carbonyl (C=O) groups is 1. The van der Waals surface area contributed by atoms with Crippen molar-refractivity contribution in [3.05, 3.63) is 0 Å². The zero-order valence-corrected chi connectivity index (χ0v) is 18.7. The van der Waals surface area contributed by atoms with E-state index in [-0.39, 0.29) is 21.5 Å². The molecule has 0 bridgehead atoms. The maximum atomic E-state index is 11.6. The third-order valence-electron chi connectivity index (χ3n) is 5.53. The second-order valence-corrected chi connectivity index (χ2v) is 11.1. The maximum Gasteiger partial charge on any atom is 0.303 e. The van der Waals surface area contributed by atoms with Gasteiger partial charge in [0.2, 0.25) is 0 Å². The van der Waals surface area contributed by atoms with E-state index < -0.39 is 28.3 Å². The number of alkyl halides is 3. The molecule has 1 saturated heterocycles. The Kier molecular flexibility index (Phi) is 6.10. The first-order chi connectivity index (χ1) is 10.8. The summed E-state index contributed by atoms with van der Waals surface area (Å²) in [6.45, 7) is 9.32. The summed E-state index contributed by atoms with van der Waals surface area (Å²) in [5, 5.41) is 10.8. The highest BCUT2D eigenvalue weighted by Gasteiger charge is 2.58. The summed E-state index contributed by atoms with van der Waals surface area (Å²) in [7, 11) is 0. The smallest absolute Gasteiger partial charge is 0.303 e. The number of hydrogen-bond donors (Lipinski definition) is 1. The molecule has 0 aromatic carbocycles. The normalized spacial score (nSPS) is 48.8. The van der Waals surface area contributed by atoms with Crippen LogP contribution < -0.4 is 0 Å². The van der Waals surface area contributed by atoms with Crippen molar-refractivity contribution in [1.29, 1.82) is 0 Å². The third kappa shape index (κ3) is 3.98. The van der Waals surface area contributed by atoms with Crippen LogP contribution in [0.15, 0.2) is 0 Å². The topological polar surface area (TPSA) is 55.8 Å². The molecule has 140 valence electrons. The van der Waals surface area contributed by atoms with Crippen molar-refractivity contribution in [3.8, 4) is 0 Å². The third-order valence-corrected chi connectivity index (χ3v) is 9.07. The van der Waals surface area contributed by atoms with Gasteiger partial charge in [-0.3, -0.25) is 4.79 Å². The Bertz CT molecular complexity index is 499. The van der Waals surface area contributed by atoms with Crippen LogP contribution >= 0.6 is 43.5 Å². The van der Waals surface area contributed by atoms with Crippen molar-refractivity contribution in [2.45, 2.75) is 91.8 Å². The Labute approximate surface area is 166 Å². The van der Waals surface area contributed by atoms with E-state index in [9.17, 15) is 9.90 Å².